The molecule has 1 amide bonds. The van der Waals surface area contributed by atoms with E-state index in [1.807, 2.05) is 18.2 Å². The number of piperazine rings is 1. The second-order valence-corrected chi connectivity index (χ2v) is 9.19. The maximum absolute atomic E-state index is 13.4. The van der Waals surface area contributed by atoms with E-state index < -0.39 is 5.82 Å². The van der Waals surface area contributed by atoms with Crippen molar-refractivity contribution in [3.8, 4) is 6.07 Å². The number of nitriles is 1. The van der Waals surface area contributed by atoms with Crippen LogP contribution >= 0.6 is 11.6 Å². The van der Waals surface area contributed by atoms with Gasteiger partial charge in [-0.25, -0.2) is 9.37 Å². The predicted octanol–water partition coefficient (Wildman–Crippen LogP) is 5.37. The molecule has 0 saturated carbocycles. The zero-order valence-corrected chi connectivity index (χ0v) is 21.9. The monoisotopic (exact) mass is 533 g/mol. The molecule has 8 nitrogen and oxygen atoms in total. The van der Waals surface area contributed by atoms with Crippen LogP contribution in [0.4, 0.5) is 33.0 Å². The Morgan fingerprint density at radius 1 is 1.16 bits per heavy atom. The Kier molecular flexibility index (Phi) is 8.79. The Morgan fingerprint density at radius 2 is 1.95 bits per heavy atom. The lowest BCUT2D eigenvalue weighted by Gasteiger charge is -2.35. The average Bonchev–Trinajstić information content (AvgIpc) is 2.93. The number of halogens is 2. The molecule has 2 heterocycles. The molecule has 1 aliphatic heterocycles. The second-order valence-electron chi connectivity index (χ2n) is 8.79. The zero-order chi connectivity index (χ0) is 27.1. The molecule has 0 radical (unpaired) electrons. The number of benzene rings is 2. The maximum atomic E-state index is 13.4. The molecule has 0 spiro atoms. The third-order valence-corrected chi connectivity index (χ3v) is 6.75. The summed E-state index contributed by atoms with van der Waals surface area (Å²) in [5.74, 6) is -0.275. The first kappa shape index (κ1) is 26.9. The molecule has 1 aliphatic rings. The van der Waals surface area contributed by atoms with Gasteiger partial charge < -0.3 is 25.8 Å². The first-order chi connectivity index (χ1) is 18.4. The fourth-order valence-electron chi connectivity index (χ4n) is 4.20. The molecule has 0 bridgehead atoms. The van der Waals surface area contributed by atoms with E-state index in [0.717, 1.165) is 38.4 Å². The molecule has 2 aromatic carbocycles. The number of hydrogen-bond donors (Lipinski definition) is 3. The van der Waals surface area contributed by atoms with Gasteiger partial charge in [0.25, 0.3) is 0 Å². The number of hydrogen-bond acceptors (Lipinski definition) is 7. The molecule has 196 valence electrons. The minimum absolute atomic E-state index is 0.290. The molecule has 0 unspecified atom stereocenters. The molecule has 1 saturated heterocycles. The Labute approximate surface area is 226 Å². The van der Waals surface area contributed by atoms with Gasteiger partial charge in [0.15, 0.2) is 0 Å². The van der Waals surface area contributed by atoms with Crippen molar-refractivity contribution in [2.45, 2.75) is 13.5 Å². The van der Waals surface area contributed by atoms with Crippen LogP contribution in [-0.2, 0) is 11.3 Å². The number of nitrogens with zero attached hydrogens (tertiary/aromatic N) is 4. The highest BCUT2D eigenvalue weighted by Gasteiger charge is 2.18. The molecular formula is C28H29ClFN7O. The summed E-state index contributed by atoms with van der Waals surface area (Å²) in [5, 5.41) is 19.1. The van der Waals surface area contributed by atoms with Crippen LogP contribution in [0.5, 0.6) is 0 Å². The third kappa shape index (κ3) is 6.59. The summed E-state index contributed by atoms with van der Waals surface area (Å²) in [6.45, 7) is 10.8. The standard InChI is InChI=1S/C28H29ClFN7O/c1-3-28(38)35-26-14-22(37-11-9-36(4-2)10-12-37)7-8-24(26)34-27-15-25(20(16-31)18-33-27)32-17-19-5-6-21(30)13-23(19)29/h3,5-8,13-15,18H,1,4,9-12,17H2,2H3,(H,35,38)(H2,32,33,34). The van der Waals surface area contributed by atoms with Crippen molar-refractivity contribution in [2.24, 2.45) is 0 Å². The average molecular weight is 534 g/mol. The van der Waals surface area contributed by atoms with Gasteiger partial charge in [0, 0.05) is 55.7 Å². The molecule has 38 heavy (non-hydrogen) atoms. The number of carbonyl (C=O) groups excluding carboxylic acids is 1. The number of anilines is 5. The van der Waals surface area contributed by atoms with Crippen LogP contribution in [0.15, 0.2) is 61.3 Å². The van der Waals surface area contributed by atoms with Crippen molar-refractivity contribution in [3.63, 3.8) is 0 Å². The summed E-state index contributed by atoms with van der Waals surface area (Å²) in [7, 11) is 0. The van der Waals surface area contributed by atoms with Crippen LogP contribution in [0.1, 0.15) is 18.1 Å². The van der Waals surface area contributed by atoms with E-state index in [2.05, 4.69) is 50.3 Å². The number of carbonyl (C=O) groups is 1. The molecule has 3 aromatic rings. The molecule has 0 aliphatic carbocycles. The van der Waals surface area contributed by atoms with E-state index in [1.54, 1.807) is 12.1 Å². The van der Waals surface area contributed by atoms with Crippen molar-refractivity contribution in [1.82, 2.24) is 9.88 Å². The lowest BCUT2D eigenvalue weighted by molar-refractivity contribution is -0.111. The highest BCUT2D eigenvalue weighted by Crippen LogP contribution is 2.32. The van der Waals surface area contributed by atoms with Crippen LogP contribution in [-0.4, -0.2) is 48.5 Å². The van der Waals surface area contributed by atoms with Crippen molar-refractivity contribution in [2.75, 3.05) is 53.6 Å². The van der Waals surface area contributed by atoms with Gasteiger partial charge in [-0.05, 0) is 48.5 Å². The van der Waals surface area contributed by atoms with E-state index in [9.17, 15) is 14.4 Å². The van der Waals surface area contributed by atoms with Crippen LogP contribution in [0.2, 0.25) is 5.02 Å². The summed E-state index contributed by atoms with van der Waals surface area (Å²) < 4.78 is 13.4. The lowest BCUT2D eigenvalue weighted by atomic mass is 10.1. The van der Waals surface area contributed by atoms with Gasteiger partial charge in [-0.15, -0.1) is 0 Å². The first-order valence-electron chi connectivity index (χ1n) is 12.3. The van der Waals surface area contributed by atoms with Gasteiger partial charge in [-0.1, -0.05) is 31.2 Å². The van der Waals surface area contributed by atoms with Crippen LogP contribution in [0, 0.1) is 17.1 Å². The van der Waals surface area contributed by atoms with Crippen LogP contribution in [0.3, 0.4) is 0 Å². The number of aromatic nitrogens is 1. The van der Waals surface area contributed by atoms with E-state index >= 15 is 0 Å². The Bertz CT molecular complexity index is 1370. The molecular weight excluding hydrogens is 505 g/mol. The van der Waals surface area contributed by atoms with Gasteiger partial charge in [0.1, 0.15) is 17.7 Å². The number of pyridine rings is 1. The van der Waals surface area contributed by atoms with Crippen molar-refractivity contribution < 1.29 is 9.18 Å². The van der Waals surface area contributed by atoms with Gasteiger partial charge in [-0.3, -0.25) is 4.79 Å². The largest absolute Gasteiger partial charge is 0.380 e. The normalized spacial score (nSPS) is 13.5. The fourth-order valence-corrected chi connectivity index (χ4v) is 4.43. The molecule has 1 fully saturated rings. The van der Waals surface area contributed by atoms with E-state index in [0.29, 0.717) is 39.0 Å². The Hall–Kier alpha value is -4.13. The number of nitrogens with one attached hydrogen (secondary N) is 3. The predicted molar refractivity (Wildman–Crippen MR) is 151 cm³/mol. The number of amides is 1. The highest BCUT2D eigenvalue weighted by molar-refractivity contribution is 6.31. The van der Waals surface area contributed by atoms with Crippen LogP contribution < -0.4 is 20.9 Å². The summed E-state index contributed by atoms with van der Waals surface area (Å²) >= 11 is 6.15. The molecule has 3 N–H and O–H groups in total. The van der Waals surface area contributed by atoms with Gasteiger partial charge in [0.05, 0.1) is 22.6 Å². The van der Waals surface area contributed by atoms with Crippen molar-refractivity contribution in [1.29, 1.82) is 5.26 Å². The van der Waals surface area contributed by atoms with Crippen molar-refractivity contribution in [3.05, 3.63) is 83.3 Å². The second kappa shape index (κ2) is 12.4. The molecule has 1 aromatic heterocycles. The van der Waals surface area contributed by atoms with Gasteiger partial charge in [0.2, 0.25) is 5.91 Å². The van der Waals surface area contributed by atoms with Crippen LogP contribution in [0.25, 0.3) is 0 Å². The summed E-state index contributed by atoms with van der Waals surface area (Å²) in [6.07, 6.45) is 2.68. The molecule has 0 atom stereocenters. The lowest BCUT2D eigenvalue weighted by Crippen LogP contribution is -2.46. The van der Waals surface area contributed by atoms with E-state index in [-0.39, 0.29) is 12.5 Å². The summed E-state index contributed by atoms with van der Waals surface area (Å²) in [6, 6.07) is 13.8. The smallest absolute Gasteiger partial charge is 0.247 e. The highest BCUT2D eigenvalue weighted by atomic mass is 35.5. The molecule has 4 rings (SSSR count). The van der Waals surface area contributed by atoms with E-state index in [1.165, 1.54) is 24.4 Å². The zero-order valence-electron chi connectivity index (χ0n) is 21.1. The molecule has 10 heteroatoms. The first-order valence-corrected chi connectivity index (χ1v) is 12.7. The number of likely N-dealkylation sites (N-methyl/N-ethyl adjacent to an activating group) is 1. The SMILES string of the molecule is C=CC(=O)Nc1cc(N2CCN(CC)CC2)ccc1Nc1cc(NCc2ccc(F)cc2Cl)c(C#N)cn1. The summed E-state index contributed by atoms with van der Waals surface area (Å²) in [5.41, 5.74) is 3.80. The topological polar surface area (TPSA) is 96.3 Å². The van der Waals surface area contributed by atoms with Crippen molar-refractivity contribution >= 4 is 46.1 Å². The minimum atomic E-state index is -0.416. The summed E-state index contributed by atoms with van der Waals surface area (Å²) in [4.78, 5) is 21.2. The fraction of sp³-hybridized carbons (Fsp3) is 0.250. The minimum Gasteiger partial charge on any atom is -0.380 e. The Morgan fingerprint density at radius 3 is 2.63 bits per heavy atom. The third-order valence-electron chi connectivity index (χ3n) is 6.40. The number of rotatable bonds is 9. The van der Waals surface area contributed by atoms with E-state index in [4.69, 9.17) is 11.6 Å². The quantitative estimate of drug-likeness (QED) is 0.318. The van der Waals surface area contributed by atoms with Gasteiger partial charge >= 0.3 is 0 Å². The van der Waals surface area contributed by atoms with Gasteiger partial charge in [-0.2, -0.15) is 5.26 Å². The Balaban J connectivity index is 1.56. The maximum Gasteiger partial charge on any atom is 0.247 e.